The van der Waals surface area contributed by atoms with Crippen LogP contribution in [0, 0.1) is 11.8 Å². The molecule has 0 aromatic rings. The largest absolute Gasteiger partial charge is 1.00 e. The molecule has 1 fully saturated rings. The van der Waals surface area contributed by atoms with Gasteiger partial charge in [-0.05, 0) is 18.8 Å². The molecule has 0 unspecified atom stereocenters. The van der Waals surface area contributed by atoms with Crippen molar-refractivity contribution in [3.63, 3.8) is 0 Å². The van der Waals surface area contributed by atoms with Crippen molar-refractivity contribution in [2.75, 3.05) is 27.7 Å². The topological polar surface area (TPSA) is 0 Å². The van der Waals surface area contributed by atoms with Crippen LogP contribution in [-0.4, -0.2) is 32.2 Å². The van der Waals surface area contributed by atoms with Gasteiger partial charge in [0.15, 0.2) is 0 Å². The first-order valence-electron chi connectivity index (χ1n) is 4.86. The van der Waals surface area contributed by atoms with E-state index in [0.29, 0.717) is 0 Å². The summed E-state index contributed by atoms with van der Waals surface area (Å²) >= 11 is 0. The van der Waals surface area contributed by atoms with E-state index in [2.05, 4.69) is 34.6 Å². The van der Waals surface area contributed by atoms with Gasteiger partial charge in [0.1, 0.15) is 0 Å². The summed E-state index contributed by atoms with van der Waals surface area (Å²) in [5, 5.41) is 0. The summed E-state index contributed by atoms with van der Waals surface area (Å²) in [6, 6.07) is 0. The molecule has 0 N–H and O–H groups in total. The van der Waals surface area contributed by atoms with E-state index in [9.17, 15) is 0 Å². The van der Waals surface area contributed by atoms with Crippen LogP contribution in [0.3, 0.4) is 0 Å². The zero-order valence-electron chi connectivity index (χ0n) is 9.31. The van der Waals surface area contributed by atoms with Crippen molar-refractivity contribution in [2.24, 2.45) is 11.8 Å². The third kappa shape index (κ3) is 4.45. The van der Waals surface area contributed by atoms with Crippen LogP contribution in [-0.2, 0) is 0 Å². The van der Waals surface area contributed by atoms with Crippen molar-refractivity contribution in [3.05, 3.63) is 12.2 Å². The highest BCUT2D eigenvalue weighted by atomic mass is 127. The molecule has 0 aromatic heterocycles. The van der Waals surface area contributed by atoms with E-state index in [-0.39, 0.29) is 24.0 Å². The lowest BCUT2D eigenvalue weighted by Gasteiger charge is -2.27. The van der Waals surface area contributed by atoms with Gasteiger partial charge in [0.05, 0.1) is 27.7 Å². The molecular weight excluding hydrogens is 273 g/mol. The highest BCUT2D eigenvalue weighted by Crippen LogP contribution is 2.34. The predicted molar refractivity (Wildman–Crippen MR) is 53.9 cm³/mol. The summed E-state index contributed by atoms with van der Waals surface area (Å²) in [5.41, 5.74) is 1.47. The van der Waals surface area contributed by atoms with Crippen LogP contribution >= 0.6 is 0 Å². The molecule has 0 bridgehead atoms. The molecule has 2 heteroatoms. The van der Waals surface area contributed by atoms with Gasteiger partial charge in [-0.2, -0.15) is 0 Å². The maximum absolute atomic E-state index is 4.11. The molecule has 1 nitrogen and oxygen atoms in total. The van der Waals surface area contributed by atoms with Crippen LogP contribution in [0.25, 0.3) is 0 Å². The summed E-state index contributed by atoms with van der Waals surface area (Å²) in [5.74, 6) is 1.65. The van der Waals surface area contributed by atoms with Crippen molar-refractivity contribution in [2.45, 2.75) is 19.8 Å². The Balaban J connectivity index is 0.00000144. The molecule has 78 valence electrons. The molecule has 0 aliphatic heterocycles. The molecule has 0 spiro atoms. The van der Waals surface area contributed by atoms with Crippen LogP contribution in [0.4, 0.5) is 0 Å². The molecule has 1 aliphatic carbocycles. The lowest BCUT2D eigenvalue weighted by molar-refractivity contribution is -0.873. The fraction of sp³-hybridized carbons (Fsp3) is 0.818. The maximum Gasteiger partial charge on any atom is 0.0812 e. The molecule has 2 atom stereocenters. The predicted octanol–water partition coefficient (Wildman–Crippen LogP) is -0.701. The Morgan fingerprint density at radius 1 is 1.38 bits per heavy atom. The number of quaternary nitrogens is 1. The number of allylic oxidation sites excluding steroid dienone is 1. The second kappa shape index (κ2) is 4.78. The van der Waals surface area contributed by atoms with E-state index in [4.69, 9.17) is 0 Å². The molecule has 0 heterocycles. The van der Waals surface area contributed by atoms with Crippen molar-refractivity contribution >= 4 is 0 Å². The van der Waals surface area contributed by atoms with E-state index in [1.165, 1.54) is 25.0 Å². The van der Waals surface area contributed by atoms with Crippen LogP contribution < -0.4 is 24.0 Å². The zero-order valence-corrected chi connectivity index (χ0v) is 11.5. The van der Waals surface area contributed by atoms with E-state index < -0.39 is 0 Å². The van der Waals surface area contributed by atoms with Crippen molar-refractivity contribution in [1.82, 2.24) is 0 Å². The number of hydrogen-bond acceptors (Lipinski definition) is 0. The number of nitrogens with zero attached hydrogens (tertiary/aromatic N) is 1. The van der Waals surface area contributed by atoms with E-state index in [1.54, 1.807) is 0 Å². The minimum absolute atomic E-state index is 0. The van der Waals surface area contributed by atoms with E-state index in [0.717, 1.165) is 16.3 Å². The van der Waals surface area contributed by atoms with Gasteiger partial charge in [-0.15, -0.1) is 0 Å². The molecule has 1 aliphatic rings. The highest BCUT2D eigenvalue weighted by molar-refractivity contribution is 5.06. The Kier molecular flexibility index (Phi) is 4.94. The minimum atomic E-state index is 0. The summed E-state index contributed by atoms with van der Waals surface area (Å²) in [7, 11) is 6.81. The van der Waals surface area contributed by atoms with Gasteiger partial charge in [-0.25, -0.2) is 0 Å². The smallest absolute Gasteiger partial charge is 0.0812 e. The standard InChI is InChI=1S/C11H22N.HI/c1-9-6-11(7-10(9)2)8-12(3,4)5;/h10-11H,1,6-8H2,2-5H3;1H/q+1;/p-1/t10-,11-;/m1./s1. The summed E-state index contributed by atoms with van der Waals surface area (Å²) in [6.07, 6.45) is 2.62. The Morgan fingerprint density at radius 2 is 1.92 bits per heavy atom. The van der Waals surface area contributed by atoms with Crippen molar-refractivity contribution in [1.29, 1.82) is 0 Å². The van der Waals surface area contributed by atoms with Gasteiger partial charge in [0.25, 0.3) is 0 Å². The Hall–Kier alpha value is 0.430. The molecule has 1 saturated carbocycles. The quantitative estimate of drug-likeness (QED) is 0.359. The SMILES string of the molecule is C=C1C[C@@H](C[N+](C)(C)C)C[C@H]1C.[I-]. The Bertz CT molecular complexity index is 181. The average molecular weight is 295 g/mol. The van der Waals surface area contributed by atoms with Gasteiger partial charge in [-0.1, -0.05) is 19.1 Å². The van der Waals surface area contributed by atoms with Crippen molar-refractivity contribution in [3.8, 4) is 0 Å². The van der Waals surface area contributed by atoms with Gasteiger partial charge < -0.3 is 28.5 Å². The van der Waals surface area contributed by atoms with Gasteiger partial charge in [0.2, 0.25) is 0 Å². The Labute approximate surface area is 99.8 Å². The summed E-state index contributed by atoms with van der Waals surface area (Å²) in [4.78, 5) is 0. The lowest BCUT2D eigenvalue weighted by atomic mass is 10.1. The average Bonchev–Trinajstić information content (AvgIpc) is 2.07. The first-order chi connectivity index (χ1) is 5.38. The summed E-state index contributed by atoms with van der Waals surface area (Å²) < 4.78 is 1.09. The molecule has 13 heavy (non-hydrogen) atoms. The fourth-order valence-corrected chi connectivity index (χ4v) is 2.24. The second-order valence-corrected chi connectivity index (χ2v) is 5.34. The van der Waals surface area contributed by atoms with Crippen LogP contribution in [0.5, 0.6) is 0 Å². The van der Waals surface area contributed by atoms with Crippen LogP contribution in [0.2, 0.25) is 0 Å². The molecule has 0 saturated heterocycles. The number of halogens is 1. The molecule has 0 amide bonds. The highest BCUT2D eigenvalue weighted by Gasteiger charge is 2.28. The third-order valence-electron chi connectivity index (χ3n) is 2.74. The van der Waals surface area contributed by atoms with E-state index >= 15 is 0 Å². The molecular formula is C11H22IN. The molecule has 0 aromatic carbocycles. The minimum Gasteiger partial charge on any atom is -1.00 e. The van der Waals surface area contributed by atoms with Crippen molar-refractivity contribution < 1.29 is 28.5 Å². The van der Waals surface area contributed by atoms with E-state index in [1.807, 2.05) is 0 Å². The Morgan fingerprint density at radius 3 is 2.23 bits per heavy atom. The molecule has 1 rings (SSSR count). The maximum atomic E-state index is 4.11. The van der Waals surface area contributed by atoms with Gasteiger partial charge >= 0.3 is 0 Å². The normalized spacial score (nSPS) is 28.8. The monoisotopic (exact) mass is 295 g/mol. The number of hydrogen-bond donors (Lipinski definition) is 0. The van der Waals surface area contributed by atoms with Gasteiger partial charge in [-0.3, -0.25) is 0 Å². The fourth-order valence-electron chi connectivity index (χ4n) is 2.24. The first kappa shape index (κ1) is 13.4. The van der Waals surface area contributed by atoms with Gasteiger partial charge in [0, 0.05) is 5.92 Å². The van der Waals surface area contributed by atoms with Crippen LogP contribution in [0.1, 0.15) is 19.8 Å². The lowest BCUT2D eigenvalue weighted by Crippen LogP contribution is -3.00. The van der Waals surface area contributed by atoms with Crippen LogP contribution in [0.15, 0.2) is 12.2 Å². The third-order valence-corrected chi connectivity index (χ3v) is 2.74. The second-order valence-electron chi connectivity index (χ2n) is 5.34. The first-order valence-corrected chi connectivity index (χ1v) is 4.86. The zero-order chi connectivity index (χ0) is 9.35. The summed E-state index contributed by atoms with van der Waals surface area (Å²) in [6.45, 7) is 7.71. The molecule has 0 radical (unpaired) electrons. The number of rotatable bonds is 2.